The molecule has 2 amide bonds. The average Bonchev–Trinajstić information content (AvgIpc) is 3.24. The molecular formula is C18H18N4O2S. The normalized spacial score (nSPS) is 13.8. The lowest BCUT2D eigenvalue weighted by molar-refractivity contribution is -0.117. The number of amides is 2. The molecule has 1 N–H and O–H groups in total. The van der Waals surface area contributed by atoms with Crippen LogP contribution in [0.1, 0.15) is 23.3 Å². The fourth-order valence-electron chi connectivity index (χ4n) is 2.65. The number of benzene rings is 1. The highest BCUT2D eigenvalue weighted by atomic mass is 32.1. The van der Waals surface area contributed by atoms with E-state index in [1.54, 1.807) is 19.0 Å². The van der Waals surface area contributed by atoms with Crippen LogP contribution in [0.3, 0.4) is 0 Å². The van der Waals surface area contributed by atoms with Gasteiger partial charge in [-0.15, -0.1) is 11.3 Å². The highest BCUT2D eigenvalue weighted by Gasteiger charge is 2.29. The molecule has 2 aromatic heterocycles. The maximum absolute atomic E-state index is 12.2. The summed E-state index contributed by atoms with van der Waals surface area (Å²) < 4.78 is 1.82. The number of hydrogen-bond acceptors (Lipinski definition) is 4. The summed E-state index contributed by atoms with van der Waals surface area (Å²) in [6, 6.07) is 7.65. The molecule has 1 aliphatic rings. The Balaban J connectivity index is 1.65. The van der Waals surface area contributed by atoms with E-state index < -0.39 is 0 Å². The first-order valence-electron chi connectivity index (χ1n) is 8.12. The quantitative estimate of drug-likeness (QED) is 0.783. The lowest BCUT2D eigenvalue weighted by Crippen LogP contribution is -2.22. The fraction of sp³-hybridized carbons (Fsp3) is 0.278. The number of carbonyl (C=O) groups excluding carboxylic acids is 2. The molecule has 4 rings (SSSR count). The van der Waals surface area contributed by atoms with Crippen LogP contribution in [-0.2, 0) is 4.79 Å². The Morgan fingerprint density at radius 2 is 2.12 bits per heavy atom. The van der Waals surface area contributed by atoms with Crippen LogP contribution < -0.4 is 5.32 Å². The average molecular weight is 354 g/mol. The molecule has 0 aliphatic heterocycles. The van der Waals surface area contributed by atoms with Crippen molar-refractivity contribution in [3.05, 3.63) is 41.5 Å². The third kappa shape index (κ3) is 3.02. The van der Waals surface area contributed by atoms with E-state index in [0.717, 1.165) is 34.7 Å². The second-order valence-corrected chi connectivity index (χ2v) is 7.28. The zero-order valence-corrected chi connectivity index (χ0v) is 14.8. The molecule has 7 heteroatoms. The van der Waals surface area contributed by atoms with Crippen LogP contribution in [0.4, 0.5) is 5.69 Å². The number of fused-ring (bicyclic) bond motifs is 1. The van der Waals surface area contributed by atoms with Gasteiger partial charge in [0.25, 0.3) is 5.91 Å². The molecule has 0 bridgehead atoms. The van der Waals surface area contributed by atoms with Crippen LogP contribution in [0.15, 0.2) is 35.8 Å². The van der Waals surface area contributed by atoms with Crippen LogP contribution in [0, 0.1) is 5.92 Å². The van der Waals surface area contributed by atoms with Gasteiger partial charge in [0.05, 0.1) is 5.69 Å². The van der Waals surface area contributed by atoms with E-state index in [-0.39, 0.29) is 17.7 Å². The van der Waals surface area contributed by atoms with Crippen LogP contribution in [-0.4, -0.2) is 40.2 Å². The SMILES string of the molecule is CN(C)C(=O)c1csc2nc(-c3cccc(NC(=O)C4CC4)c3)cn12. The summed E-state index contributed by atoms with van der Waals surface area (Å²) in [6.45, 7) is 0. The number of carbonyl (C=O) groups is 2. The predicted octanol–water partition coefficient (Wildman–Crippen LogP) is 3.11. The first-order valence-corrected chi connectivity index (χ1v) is 9.00. The van der Waals surface area contributed by atoms with Crippen molar-refractivity contribution in [2.45, 2.75) is 12.8 Å². The molecule has 0 unspecified atom stereocenters. The molecule has 25 heavy (non-hydrogen) atoms. The Hall–Kier alpha value is -2.67. The molecule has 1 aromatic carbocycles. The molecule has 0 spiro atoms. The second-order valence-electron chi connectivity index (χ2n) is 6.44. The van der Waals surface area contributed by atoms with E-state index in [9.17, 15) is 9.59 Å². The summed E-state index contributed by atoms with van der Waals surface area (Å²) in [5, 5.41) is 4.77. The first-order chi connectivity index (χ1) is 12.0. The monoisotopic (exact) mass is 354 g/mol. The van der Waals surface area contributed by atoms with Crippen molar-refractivity contribution >= 4 is 33.8 Å². The second kappa shape index (κ2) is 6.00. The molecular weight excluding hydrogens is 336 g/mol. The number of aromatic nitrogens is 2. The minimum absolute atomic E-state index is 0.0550. The third-order valence-electron chi connectivity index (χ3n) is 4.21. The standard InChI is InChI=1S/C18H18N4O2S/c1-21(2)17(24)15-10-25-18-20-14(9-22(15)18)12-4-3-5-13(8-12)19-16(23)11-6-7-11/h3-5,8-11H,6-7H2,1-2H3,(H,19,23). The van der Waals surface area contributed by atoms with Crippen molar-refractivity contribution in [2.24, 2.45) is 5.92 Å². The number of nitrogens with zero attached hydrogens (tertiary/aromatic N) is 3. The minimum Gasteiger partial charge on any atom is -0.343 e. The zero-order chi connectivity index (χ0) is 17.6. The summed E-state index contributed by atoms with van der Waals surface area (Å²) in [6.07, 6.45) is 3.82. The number of imidazole rings is 1. The summed E-state index contributed by atoms with van der Waals surface area (Å²) in [4.78, 5) is 31.1. The van der Waals surface area contributed by atoms with E-state index in [4.69, 9.17) is 0 Å². The van der Waals surface area contributed by atoms with E-state index in [0.29, 0.717) is 5.69 Å². The lowest BCUT2D eigenvalue weighted by atomic mass is 10.1. The summed E-state index contributed by atoms with van der Waals surface area (Å²) >= 11 is 1.44. The topological polar surface area (TPSA) is 66.7 Å². The van der Waals surface area contributed by atoms with Crippen molar-refractivity contribution in [1.29, 1.82) is 0 Å². The number of anilines is 1. The third-order valence-corrected chi connectivity index (χ3v) is 5.05. The zero-order valence-electron chi connectivity index (χ0n) is 14.0. The molecule has 1 aliphatic carbocycles. The number of hydrogen-bond donors (Lipinski definition) is 1. The summed E-state index contributed by atoms with van der Waals surface area (Å²) in [5.41, 5.74) is 3.06. The number of thiazole rings is 1. The van der Waals surface area contributed by atoms with Crippen LogP contribution in [0.2, 0.25) is 0 Å². The van der Waals surface area contributed by atoms with Crippen molar-refractivity contribution < 1.29 is 9.59 Å². The number of rotatable bonds is 4. The lowest BCUT2D eigenvalue weighted by Gasteiger charge is -2.08. The molecule has 3 aromatic rings. The van der Waals surface area contributed by atoms with Crippen LogP contribution in [0.25, 0.3) is 16.2 Å². The van der Waals surface area contributed by atoms with Gasteiger partial charge in [0.1, 0.15) is 5.69 Å². The van der Waals surface area contributed by atoms with Crippen molar-refractivity contribution in [3.63, 3.8) is 0 Å². The van der Waals surface area contributed by atoms with Gasteiger partial charge in [0.2, 0.25) is 5.91 Å². The van der Waals surface area contributed by atoms with Gasteiger partial charge in [-0.25, -0.2) is 4.98 Å². The van der Waals surface area contributed by atoms with Crippen LogP contribution in [0.5, 0.6) is 0 Å². The summed E-state index contributed by atoms with van der Waals surface area (Å²) in [7, 11) is 3.46. The van der Waals surface area contributed by atoms with Gasteiger partial charge in [-0.1, -0.05) is 12.1 Å². The van der Waals surface area contributed by atoms with Gasteiger partial charge in [-0.05, 0) is 25.0 Å². The van der Waals surface area contributed by atoms with Gasteiger partial charge in [0.15, 0.2) is 4.96 Å². The van der Waals surface area contributed by atoms with Gasteiger partial charge in [-0.2, -0.15) is 0 Å². The van der Waals surface area contributed by atoms with Gasteiger partial charge < -0.3 is 10.2 Å². The Morgan fingerprint density at radius 1 is 1.32 bits per heavy atom. The van der Waals surface area contributed by atoms with E-state index in [1.807, 2.05) is 40.2 Å². The highest BCUT2D eigenvalue weighted by molar-refractivity contribution is 7.15. The largest absolute Gasteiger partial charge is 0.343 e. The summed E-state index contributed by atoms with van der Waals surface area (Å²) in [5.74, 6) is 0.198. The molecule has 6 nitrogen and oxygen atoms in total. The Labute approximate surface area is 149 Å². The Morgan fingerprint density at radius 3 is 2.84 bits per heavy atom. The smallest absolute Gasteiger partial charge is 0.271 e. The maximum atomic E-state index is 12.2. The highest BCUT2D eigenvalue weighted by Crippen LogP contribution is 2.31. The van der Waals surface area contributed by atoms with Crippen molar-refractivity contribution in [3.8, 4) is 11.3 Å². The maximum Gasteiger partial charge on any atom is 0.271 e. The molecule has 1 saturated carbocycles. The van der Waals surface area contributed by atoms with Gasteiger partial charge >= 0.3 is 0 Å². The first kappa shape index (κ1) is 15.8. The van der Waals surface area contributed by atoms with Gasteiger partial charge in [-0.3, -0.25) is 14.0 Å². The molecule has 0 atom stereocenters. The van der Waals surface area contributed by atoms with Crippen molar-refractivity contribution in [2.75, 3.05) is 19.4 Å². The molecule has 2 heterocycles. The minimum atomic E-state index is -0.0550. The van der Waals surface area contributed by atoms with E-state index in [1.165, 1.54) is 11.3 Å². The molecule has 1 fully saturated rings. The van der Waals surface area contributed by atoms with E-state index >= 15 is 0 Å². The fourth-order valence-corrected chi connectivity index (χ4v) is 3.50. The van der Waals surface area contributed by atoms with Crippen LogP contribution >= 0.6 is 11.3 Å². The predicted molar refractivity (Wildman–Crippen MR) is 97.9 cm³/mol. The van der Waals surface area contributed by atoms with Gasteiger partial charge in [0, 0.05) is 42.8 Å². The van der Waals surface area contributed by atoms with E-state index in [2.05, 4.69) is 10.3 Å². The number of nitrogens with one attached hydrogen (secondary N) is 1. The molecule has 128 valence electrons. The Bertz CT molecular complexity index is 969. The molecule has 0 radical (unpaired) electrons. The Kier molecular flexibility index (Phi) is 3.80. The molecule has 0 saturated heterocycles. The van der Waals surface area contributed by atoms with Crippen molar-refractivity contribution in [1.82, 2.24) is 14.3 Å².